The molecule has 0 radical (unpaired) electrons. The van der Waals surface area contributed by atoms with Crippen molar-refractivity contribution in [3.8, 4) is 0 Å². The summed E-state index contributed by atoms with van der Waals surface area (Å²) < 4.78 is 0. The van der Waals surface area contributed by atoms with Gasteiger partial charge in [-0.2, -0.15) is 0 Å². The Kier molecular flexibility index (Phi) is 16.5. The highest BCUT2D eigenvalue weighted by molar-refractivity contribution is 6.01. The molecule has 0 aromatic carbocycles. The summed E-state index contributed by atoms with van der Waals surface area (Å²) in [7, 11) is 0. The van der Waals surface area contributed by atoms with E-state index < -0.39 is 23.4 Å². The Labute approximate surface area is 261 Å². The number of ketones is 1. The zero-order valence-corrected chi connectivity index (χ0v) is 28.1. The lowest BCUT2D eigenvalue weighted by molar-refractivity contribution is -0.135. The van der Waals surface area contributed by atoms with Gasteiger partial charge in [-0.1, -0.05) is 145 Å². The smallest absolute Gasteiger partial charge is 0.189 e. The SMILES string of the molecule is CC(C)=CCC/C(C)=C/C=C/C(C)=C/C=C/C(C)=C/C=C/C=C(C)/C=C/C=C(C)/C=C/C1=C(C)C(=O)C(O)C(O)C1(C)C. The number of rotatable bonds is 13. The summed E-state index contributed by atoms with van der Waals surface area (Å²) >= 11 is 0. The number of aliphatic hydroxyl groups is 2. The van der Waals surface area contributed by atoms with Gasteiger partial charge in [0.2, 0.25) is 0 Å². The average molecular weight is 583 g/mol. The summed E-state index contributed by atoms with van der Waals surface area (Å²) in [6.45, 7) is 20.1. The van der Waals surface area contributed by atoms with E-state index in [9.17, 15) is 15.0 Å². The van der Waals surface area contributed by atoms with Crippen LogP contribution in [-0.4, -0.2) is 28.2 Å². The zero-order valence-electron chi connectivity index (χ0n) is 28.1. The number of Topliss-reactive ketones (excluding diaryl/α,β-unsaturated/α-hetero) is 1. The van der Waals surface area contributed by atoms with Crippen LogP contribution in [-0.2, 0) is 4.79 Å². The summed E-state index contributed by atoms with van der Waals surface area (Å²) in [6.07, 6.45) is 32.8. The molecule has 0 heterocycles. The van der Waals surface area contributed by atoms with E-state index in [-0.39, 0.29) is 0 Å². The van der Waals surface area contributed by atoms with Crippen LogP contribution in [0.25, 0.3) is 0 Å². The van der Waals surface area contributed by atoms with Crippen molar-refractivity contribution in [1.82, 2.24) is 0 Å². The molecule has 3 heteroatoms. The fraction of sp³-hybridized carbons (Fsp3) is 0.375. The van der Waals surface area contributed by atoms with Crippen molar-refractivity contribution in [1.29, 1.82) is 0 Å². The molecule has 0 spiro atoms. The largest absolute Gasteiger partial charge is 0.389 e. The van der Waals surface area contributed by atoms with Crippen molar-refractivity contribution in [2.45, 2.75) is 94.3 Å². The lowest BCUT2D eigenvalue weighted by Crippen LogP contribution is -2.49. The first-order valence-corrected chi connectivity index (χ1v) is 15.2. The molecule has 0 aromatic heterocycles. The Balaban J connectivity index is 2.68. The molecule has 0 aliphatic heterocycles. The van der Waals surface area contributed by atoms with Crippen molar-refractivity contribution < 1.29 is 15.0 Å². The minimum atomic E-state index is -1.37. The number of carbonyl (C=O) groups excluding carboxylic acids is 1. The molecule has 0 amide bonds. The summed E-state index contributed by atoms with van der Waals surface area (Å²) in [5.74, 6) is -0.414. The summed E-state index contributed by atoms with van der Waals surface area (Å²) in [5, 5.41) is 20.4. The maximum absolute atomic E-state index is 12.3. The van der Waals surface area contributed by atoms with Crippen LogP contribution in [0.4, 0.5) is 0 Å². The van der Waals surface area contributed by atoms with Crippen molar-refractivity contribution in [2.75, 3.05) is 0 Å². The molecule has 0 saturated heterocycles. The van der Waals surface area contributed by atoms with Gasteiger partial charge in [0.15, 0.2) is 5.78 Å². The topological polar surface area (TPSA) is 57.5 Å². The minimum absolute atomic E-state index is 0.414. The first kappa shape index (κ1) is 37.5. The maximum atomic E-state index is 12.3. The monoisotopic (exact) mass is 582 g/mol. The zero-order chi connectivity index (χ0) is 32.6. The highest BCUT2D eigenvalue weighted by Gasteiger charge is 2.44. The molecule has 0 aromatic rings. The summed E-state index contributed by atoms with van der Waals surface area (Å²) in [5.41, 5.74) is 7.79. The predicted molar refractivity (Wildman–Crippen MR) is 187 cm³/mol. The number of carbonyl (C=O) groups is 1. The lowest BCUT2D eigenvalue weighted by atomic mass is 9.69. The highest BCUT2D eigenvalue weighted by Crippen LogP contribution is 2.40. The van der Waals surface area contributed by atoms with E-state index in [1.807, 2.05) is 70.2 Å². The van der Waals surface area contributed by atoms with Gasteiger partial charge in [-0.3, -0.25) is 4.79 Å². The van der Waals surface area contributed by atoms with Gasteiger partial charge in [-0.05, 0) is 79.4 Å². The predicted octanol–water partition coefficient (Wildman–Crippen LogP) is 9.89. The molecular formula is C40H54O3. The number of allylic oxidation sites excluding steroid dienone is 22. The quantitative estimate of drug-likeness (QED) is 0.168. The molecule has 43 heavy (non-hydrogen) atoms. The van der Waals surface area contributed by atoms with E-state index >= 15 is 0 Å². The number of hydrogen-bond donors (Lipinski definition) is 2. The second kappa shape index (κ2) is 18.9. The van der Waals surface area contributed by atoms with E-state index in [1.54, 1.807) is 6.92 Å². The first-order valence-electron chi connectivity index (χ1n) is 15.2. The molecule has 2 unspecified atom stereocenters. The molecule has 2 atom stereocenters. The van der Waals surface area contributed by atoms with Crippen LogP contribution >= 0.6 is 0 Å². The Morgan fingerprint density at radius 1 is 0.698 bits per heavy atom. The number of hydrogen-bond acceptors (Lipinski definition) is 3. The van der Waals surface area contributed by atoms with Crippen molar-refractivity contribution >= 4 is 5.78 Å². The second-order valence-corrected chi connectivity index (χ2v) is 12.3. The van der Waals surface area contributed by atoms with Crippen LogP contribution in [0.2, 0.25) is 0 Å². The minimum Gasteiger partial charge on any atom is -0.389 e. The van der Waals surface area contributed by atoms with E-state index in [1.165, 1.54) is 22.3 Å². The van der Waals surface area contributed by atoms with Crippen LogP contribution in [0.1, 0.15) is 82.1 Å². The molecule has 1 rings (SSSR count). The van der Waals surface area contributed by atoms with Crippen LogP contribution in [0.15, 0.2) is 142 Å². The highest BCUT2D eigenvalue weighted by atomic mass is 16.3. The summed E-state index contributed by atoms with van der Waals surface area (Å²) in [4.78, 5) is 12.3. The van der Waals surface area contributed by atoms with Gasteiger partial charge in [-0.15, -0.1) is 0 Å². The molecule has 0 bridgehead atoms. The van der Waals surface area contributed by atoms with Crippen molar-refractivity contribution in [3.63, 3.8) is 0 Å². The molecule has 1 aliphatic carbocycles. The fourth-order valence-electron chi connectivity index (χ4n) is 4.47. The van der Waals surface area contributed by atoms with E-state index in [2.05, 4.69) is 89.3 Å². The van der Waals surface area contributed by atoms with Crippen molar-refractivity contribution in [2.24, 2.45) is 5.41 Å². The molecule has 1 aliphatic rings. The lowest BCUT2D eigenvalue weighted by Gasteiger charge is -2.39. The molecule has 0 fully saturated rings. The normalized spacial score (nSPS) is 21.6. The third-order valence-electron chi connectivity index (χ3n) is 7.38. The average Bonchev–Trinajstić information content (AvgIpc) is 2.93. The van der Waals surface area contributed by atoms with Crippen LogP contribution < -0.4 is 0 Å². The van der Waals surface area contributed by atoms with Gasteiger partial charge in [0.1, 0.15) is 6.10 Å². The van der Waals surface area contributed by atoms with Gasteiger partial charge in [0.05, 0.1) is 6.10 Å². The Morgan fingerprint density at radius 3 is 1.63 bits per heavy atom. The standard InChI is InChI=1S/C40H54O3/c1-29(2)17-13-20-32(5)23-15-25-33(6)24-14-21-30(3)18-11-12-19-31(4)22-16-26-34(7)27-28-36-35(8)37(41)38(42)39(43)40(36,9)10/h11-12,14-19,21-28,38-39,42-43H,13,20H2,1-10H3/b12-11+,21-14+,22-16+,25-15+,28-27+,30-18+,31-19+,32-23+,33-24+,34-26+. The van der Waals surface area contributed by atoms with Crippen LogP contribution in [0, 0.1) is 5.41 Å². The fourth-order valence-corrected chi connectivity index (χ4v) is 4.47. The Bertz CT molecular complexity index is 1330. The van der Waals surface area contributed by atoms with Gasteiger partial charge in [0.25, 0.3) is 0 Å². The van der Waals surface area contributed by atoms with Crippen molar-refractivity contribution in [3.05, 3.63) is 142 Å². The molecule has 0 saturated carbocycles. The number of aliphatic hydroxyl groups excluding tert-OH is 2. The summed E-state index contributed by atoms with van der Waals surface area (Å²) in [6, 6.07) is 0. The molecular weight excluding hydrogens is 528 g/mol. The van der Waals surface area contributed by atoms with Gasteiger partial charge < -0.3 is 10.2 Å². The third kappa shape index (κ3) is 14.0. The molecule has 2 N–H and O–H groups in total. The second-order valence-electron chi connectivity index (χ2n) is 12.3. The third-order valence-corrected chi connectivity index (χ3v) is 7.38. The first-order chi connectivity index (χ1) is 20.2. The van der Waals surface area contributed by atoms with E-state index in [0.29, 0.717) is 5.57 Å². The van der Waals surface area contributed by atoms with Crippen LogP contribution in [0.5, 0.6) is 0 Å². The van der Waals surface area contributed by atoms with E-state index in [0.717, 1.165) is 29.6 Å². The maximum Gasteiger partial charge on any atom is 0.189 e. The Morgan fingerprint density at radius 2 is 1.14 bits per heavy atom. The van der Waals surface area contributed by atoms with Gasteiger partial charge >= 0.3 is 0 Å². The molecule has 3 nitrogen and oxygen atoms in total. The van der Waals surface area contributed by atoms with Gasteiger partial charge in [0, 0.05) is 5.41 Å². The van der Waals surface area contributed by atoms with Gasteiger partial charge in [-0.25, -0.2) is 0 Å². The Hall–Kier alpha value is -3.53. The van der Waals surface area contributed by atoms with E-state index in [4.69, 9.17) is 0 Å². The molecule has 232 valence electrons. The van der Waals surface area contributed by atoms with Crippen LogP contribution in [0.3, 0.4) is 0 Å².